The molecule has 3 aliphatic rings. The van der Waals surface area contributed by atoms with Crippen LogP contribution in [-0.2, 0) is 4.79 Å². The Hall–Kier alpha value is -2.57. The summed E-state index contributed by atoms with van der Waals surface area (Å²) in [4.78, 5) is 14.3. The van der Waals surface area contributed by atoms with Gasteiger partial charge in [-0.1, -0.05) is 29.8 Å². The highest BCUT2D eigenvalue weighted by Crippen LogP contribution is 2.45. The number of rotatable bonds is 2. The zero-order valence-electron chi connectivity index (χ0n) is 16.2. The quantitative estimate of drug-likeness (QED) is 0.795. The number of amidine groups is 1. The Morgan fingerprint density at radius 3 is 2.76 bits per heavy atom. The van der Waals surface area contributed by atoms with Crippen molar-refractivity contribution in [3.05, 3.63) is 47.0 Å². The third-order valence-corrected chi connectivity index (χ3v) is 6.36. The number of nitrogens with one attached hydrogen (secondary N) is 2. The second kappa shape index (κ2) is 7.35. The van der Waals surface area contributed by atoms with E-state index in [1.165, 1.54) is 5.56 Å². The van der Waals surface area contributed by atoms with Gasteiger partial charge in [-0.05, 0) is 68.1 Å². The Bertz CT molecular complexity index is 1000. The first-order valence-electron chi connectivity index (χ1n) is 10.1. The number of ether oxygens (including phenoxy) is 1. The standard InChI is InChI=1S/C22H23ClN4O2/c1-13-22(28)26-25-21-12-29-20-11-17(15-4-2-3-5-18(15)23)16(10-19(20)27(13)21)14-6-8-24-9-7-14/h2-5,10-11,13-14,24H,6-9,12H2,1H3,(H,26,28)/t13-/m1/s1. The Labute approximate surface area is 174 Å². The largest absolute Gasteiger partial charge is 0.483 e. The minimum absolute atomic E-state index is 0.111. The van der Waals surface area contributed by atoms with Gasteiger partial charge in [0, 0.05) is 10.6 Å². The van der Waals surface area contributed by atoms with Crippen LogP contribution >= 0.6 is 11.6 Å². The van der Waals surface area contributed by atoms with Crippen LogP contribution < -0.4 is 20.4 Å². The van der Waals surface area contributed by atoms with E-state index in [1.807, 2.05) is 30.0 Å². The first kappa shape index (κ1) is 18.5. The number of hydrazone groups is 1. The van der Waals surface area contributed by atoms with Gasteiger partial charge in [-0.3, -0.25) is 4.79 Å². The maximum atomic E-state index is 12.3. The summed E-state index contributed by atoms with van der Waals surface area (Å²) in [7, 11) is 0. The van der Waals surface area contributed by atoms with E-state index in [-0.39, 0.29) is 11.9 Å². The topological polar surface area (TPSA) is 66.0 Å². The average Bonchev–Trinajstić information content (AvgIpc) is 2.76. The van der Waals surface area contributed by atoms with E-state index in [0.29, 0.717) is 12.5 Å². The highest BCUT2D eigenvalue weighted by atomic mass is 35.5. The number of carbonyl (C=O) groups excluding carboxylic acids is 1. The van der Waals surface area contributed by atoms with Gasteiger partial charge in [-0.15, -0.1) is 0 Å². The van der Waals surface area contributed by atoms with Crippen LogP contribution in [0.2, 0.25) is 5.02 Å². The van der Waals surface area contributed by atoms with Crippen LogP contribution in [0.3, 0.4) is 0 Å². The molecular weight excluding hydrogens is 388 g/mol. The molecule has 0 bridgehead atoms. The summed E-state index contributed by atoms with van der Waals surface area (Å²) < 4.78 is 6.04. The molecule has 29 heavy (non-hydrogen) atoms. The van der Waals surface area contributed by atoms with Crippen molar-refractivity contribution < 1.29 is 9.53 Å². The Balaban J connectivity index is 1.69. The predicted octanol–water partition coefficient (Wildman–Crippen LogP) is 3.50. The van der Waals surface area contributed by atoms with Crippen LogP contribution in [0.15, 0.2) is 41.5 Å². The van der Waals surface area contributed by atoms with Gasteiger partial charge in [0.25, 0.3) is 5.91 Å². The van der Waals surface area contributed by atoms with E-state index in [0.717, 1.165) is 59.4 Å². The number of carbonyl (C=O) groups is 1. The van der Waals surface area contributed by atoms with Crippen LogP contribution in [0, 0.1) is 0 Å². The van der Waals surface area contributed by atoms with E-state index >= 15 is 0 Å². The predicted molar refractivity (Wildman–Crippen MR) is 115 cm³/mol. The lowest BCUT2D eigenvalue weighted by Gasteiger charge is -2.39. The van der Waals surface area contributed by atoms with Gasteiger partial charge >= 0.3 is 0 Å². The molecule has 1 atom stereocenters. The number of halogens is 1. The smallest absolute Gasteiger partial charge is 0.262 e. The van der Waals surface area contributed by atoms with Crippen LogP contribution in [0.1, 0.15) is 31.2 Å². The fourth-order valence-electron chi connectivity index (χ4n) is 4.47. The summed E-state index contributed by atoms with van der Waals surface area (Å²) in [6.45, 7) is 4.21. The molecule has 3 heterocycles. The maximum absolute atomic E-state index is 12.3. The number of nitrogens with zero attached hydrogens (tertiary/aromatic N) is 2. The lowest BCUT2D eigenvalue weighted by molar-refractivity contribution is -0.122. The first-order valence-corrected chi connectivity index (χ1v) is 10.4. The summed E-state index contributed by atoms with van der Waals surface area (Å²) in [5.41, 5.74) is 6.86. The summed E-state index contributed by atoms with van der Waals surface area (Å²) in [6.07, 6.45) is 2.13. The Morgan fingerprint density at radius 1 is 1.17 bits per heavy atom. The molecule has 5 rings (SSSR count). The van der Waals surface area contributed by atoms with E-state index in [4.69, 9.17) is 16.3 Å². The summed E-state index contributed by atoms with van der Waals surface area (Å²) in [6, 6.07) is 11.9. The van der Waals surface area contributed by atoms with E-state index in [9.17, 15) is 4.79 Å². The van der Waals surface area contributed by atoms with Gasteiger partial charge in [0.2, 0.25) is 0 Å². The van der Waals surface area contributed by atoms with Gasteiger partial charge in [0.1, 0.15) is 18.4 Å². The van der Waals surface area contributed by atoms with Gasteiger partial charge in [-0.25, -0.2) is 5.43 Å². The number of benzene rings is 2. The van der Waals surface area contributed by atoms with Crippen molar-refractivity contribution >= 4 is 29.0 Å². The number of anilines is 1. The molecule has 7 heteroatoms. The normalized spacial score (nSPS) is 21.6. The third kappa shape index (κ3) is 3.16. The van der Waals surface area contributed by atoms with Crippen molar-refractivity contribution in [1.29, 1.82) is 0 Å². The van der Waals surface area contributed by atoms with Crippen molar-refractivity contribution in [1.82, 2.24) is 10.7 Å². The van der Waals surface area contributed by atoms with Crippen LogP contribution in [0.5, 0.6) is 5.75 Å². The zero-order chi connectivity index (χ0) is 20.0. The molecule has 1 fully saturated rings. The fraction of sp³-hybridized carbons (Fsp3) is 0.364. The van der Waals surface area contributed by atoms with Crippen molar-refractivity contribution in [2.24, 2.45) is 5.10 Å². The monoisotopic (exact) mass is 410 g/mol. The SMILES string of the molecule is C[C@@H]1C(=O)NN=C2COc3cc(-c4ccccc4Cl)c(C4CCNCC4)cc3N21. The molecule has 3 aliphatic heterocycles. The van der Waals surface area contributed by atoms with Gasteiger partial charge in [0.05, 0.1) is 5.69 Å². The van der Waals surface area contributed by atoms with E-state index < -0.39 is 0 Å². The molecule has 0 saturated carbocycles. The summed E-state index contributed by atoms with van der Waals surface area (Å²) >= 11 is 6.57. The number of hydrogen-bond donors (Lipinski definition) is 2. The Kier molecular flexibility index (Phi) is 4.68. The lowest BCUT2D eigenvalue weighted by atomic mass is 9.84. The molecule has 6 nitrogen and oxygen atoms in total. The molecule has 1 saturated heterocycles. The van der Waals surface area contributed by atoms with Gasteiger partial charge in [-0.2, -0.15) is 5.10 Å². The number of fused-ring (bicyclic) bond motifs is 3. The van der Waals surface area contributed by atoms with Crippen LogP contribution in [-0.4, -0.2) is 37.5 Å². The molecule has 150 valence electrons. The maximum Gasteiger partial charge on any atom is 0.262 e. The van der Waals surface area contributed by atoms with Crippen LogP contribution in [0.4, 0.5) is 5.69 Å². The van der Waals surface area contributed by atoms with E-state index in [2.05, 4.69) is 34.0 Å². The highest BCUT2D eigenvalue weighted by Gasteiger charge is 2.36. The molecule has 0 aliphatic carbocycles. The number of hydrogen-bond acceptors (Lipinski definition) is 5. The van der Waals surface area contributed by atoms with Crippen molar-refractivity contribution in [2.75, 3.05) is 24.6 Å². The fourth-order valence-corrected chi connectivity index (χ4v) is 4.71. The second-order valence-corrected chi connectivity index (χ2v) is 8.16. The summed E-state index contributed by atoms with van der Waals surface area (Å²) in [5.74, 6) is 1.80. The molecule has 0 radical (unpaired) electrons. The molecule has 2 aromatic rings. The molecular formula is C22H23ClN4O2. The minimum Gasteiger partial charge on any atom is -0.483 e. The first-order chi connectivity index (χ1) is 14.1. The van der Waals surface area contributed by atoms with Crippen molar-refractivity contribution in [3.63, 3.8) is 0 Å². The second-order valence-electron chi connectivity index (χ2n) is 7.75. The molecule has 0 spiro atoms. The van der Waals surface area contributed by atoms with Crippen molar-refractivity contribution in [2.45, 2.75) is 31.7 Å². The molecule has 2 N–H and O–H groups in total. The molecule has 1 amide bonds. The summed E-state index contributed by atoms with van der Waals surface area (Å²) in [5, 5.41) is 8.38. The van der Waals surface area contributed by atoms with Crippen LogP contribution in [0.25, 0.3) is 11.1 Å². The third-order valence-electron chi connectivity index (χ3n) is 6.03. The molecule has 0 unspecified atom stereocenters. The lowest BCUT2D eigenvalue weighted by Crippen LogP contribution is -2.55. The van der Waals surface area contributed by atoms with Crippen molar-refractivity contribution in [3.8, 4) is 16.9 Å². The average molecular weight is 411 g/mol. The Morgan fingerprint density at radius 2 is 1.97 bits per heavy atom. The highest BCUT2D eigenvalue weighted by molar-refractivity contribution is 6.33. The molecule has 2 aromatic carbocycles. The van der Waals surface area contributed by atoms with E-state index in [1.54, 1.807) is 0 Å². The number of amides is 1. The van der Waals surface area contributed by atoms with Gasteiger partial charge in [0.15, 0.2) is 5.84 Å². The zero-order valence-corrected chi connectivity index (χ0v) is 17.0. The molecule has 0 aromatic heterocycles. The van der Waals surface area contributed by atoms with Gasteiger partial charge < -0.3 is 15.0 Å². The number of piperidine rings is 1. The minimum atomic E-state index is -0.336.